The Morgan fingerprint density at radius 2 is 1.87 bits per heavy atom. The molecule has 0 saturated carbocycles. The second kappa shape index (κ2) is 4.89. The SMILES string of the molecule is CC(C)[C@@H](N)C(=O)Nc1ccc(F)cc1. The molecule has 0 fully saturated rings. The van der Waals surface area contributed by atoms with E-state index in [1.54, 1.807) is 0 Å². The number of hydrogen-bond donors (Lipinski definition) is 2. The minimum Gasteiger partial charge on any atom is -0.325 e. The summed E-state index contributed by atoms with van der Waals surface area (Å²) in [5, 5.41) is 2.62. The molecular formula is C11H15FN2O. The number of halogens is 1. The molecule has 0 bridgehead atoms. The summed E-state index contributed by atoms with van der Waals surface area (Å²) in [6.07, 6.45) is 0. The number of benzene rings is 1. The third-order valence-corrected chi connectivity index (χ3v) is 2.13. The van der Waals surface area contributed by atoms with Crippen LogP contribution in [0.1, 0.15) is 13.8 Å². The molecule has 0 aliphatic heterocycles. The summed E-state index contributed by atoms with van der Waals surface area (Å²) in [5.41, 5.74) is 6.20. The van der Waals surface area contributed by atoms with E-state index in [9.17, 15) is 9.18 Å². The lowest BCUT2D eigenvalue weighted by molar-refractivity contribution is -0.118. The Bertz CT molecular complexity index is 335. The van der Waals surface area contributed by atoms with Gasteiger partial charge in [0.25, 0.3) is 0 Å². The molecule has 3 N–H and O–H groups in total. The molecule has 1 aromatic carbocycles. The molecule has 0 unspecified atom stereocenters. The van der Waals surface area contributed by atoms with E-state index in [1.807, 2.05) is 13.8 Å². The van der Waals surface area contributed by atoms with Crippen LogP contribution in [0.5, 0.6) is 0 Å². The molecule has 0 saturated heterocycles. The van der Waals surface area contributed by atoms with Gasteiger partial charge in [-0.05, 0) is 30.2 Å². The number of carbonyl (C=O) groups is 1. The molecule has 0 aliphatic carbocycles. The fourth-order valence-electron chi connectivity index (χ4n) is 1.06. The van der Waals surface area contributed by atoms with Crippen molar-refractivity contribution >= 4 is 11.6 Å². The van der Waals surface area contributed by atoms with Crippen LogP contribution < -0.4 is 11.1 Å². The molecule has 15 heavy (non-hydrogen) atoms. The zero-order chi connectivity index (χ0) is 11.4. The van der Waals surface area contributed by atoms with Gasteiger partial charge in [-0.3, -0.25) is 4.79 Å². The molecule has 4 heteroatoms. The average Bonchev–Trinajstić information content (AvgIpc) is 2.20. The molecule has 0 heterocycles. The zero-order valence-corrected chi connectivity index (χ0v) is 8.83. The van der Waals surface area contributed by atoms with E-state index in [-0.39, 0.29) is 17.6 Å². The summed E-state index contributed by atoms with van der Waals surface area (Å²) >= 11 is 0. The largest absolute Gasteiger partial charge is 0.325 e. The second-order valence-electron chi connectivity index (χ2n) is 3.77. The summed E-state index contributed by atoms with van der Waals surface area (Å²) in [6.45, 7) is 3.74. The van der Waals surface area contributed by atoms with Crippen molar-refractivity contribution in [3.8, 4) is 0 Å². The Morgan fingerprint density at radius 1 is 1.33 bits per heavy atom. The first-order valence-electron chi connectivity index (χ1n) is 4.82. The molecule has 1 aromatic rings. The van der Waals surface area contributed by atoms with E-state index in [1.165, 1.54) is 24.3 Å². The van der Waals surface area contributed by atoms with Gasteiger partial charge in [0, 0.05) is 5.69 Å². The van der Waals surface area contributed by atoms with Crippen LogP contribution in [0.3, 0.4) is 0 Å². The van der Waals surface area contributed by atoms with Crippen molar-refractivity contribution in [1.82, 2.24) is 0 Å². The van der Waals surface area contributed by atoms with Gasteiger partial charge in [0.15, 0.2) is 0 Å². The van der Waals surface area contributed by atoms with Crippen molar-refractivity contribution in [3.63, 3.8) is 0 Å². The number of anilines is 1. The van der Waals surface area contributed by atoms with Crippen molar-refractivity contribution in [2.75, 3.05) is 5.32 Å². The Hall–Kier alpha value is -1.42. The van der Waals surface area contributed by atoms with Crippen LogP contribution in [0.4, 0.5) is 10.1 Å². The molecule has 1 amide bonds. The van der Waals surface area contributed by atoms with Gasteiger partial charge in [0.1, 0.15) is 5.82 Å². The standard InChI is InChI=1S/C11H15FN2O/c1-7(2)10(13)11(15)14-9-5-3-8(12)4-6-9/h3-7,10H,13H2,1-2H3,(H,14,15)/t10-/m1/s1. The van der Waals surface area contributed by atoms with Crippen LogP contribution in [0.2, 0.25) is 0 Å². The van der Waals surface area contributed by atoms with Gasteiger partial charge in [-0.25, -0.2) is 4.39 Å². The van der Waals surface area contributed by atoms with Crippen molar-refractivity contribution in [3.05, 3.63) is 30.1 Å². The molecule has 3 nitrogen and oxygen atoms in total. The first kappa shape index (κ1) is 11.7. The van der Waals surface area contributed by atoms with E-state index in [0.29, 0.717) is 5.69 Å². The van der Waals surface area contributed by atoms with Crippen molar-refractivity contribution in [1.29, 1.82) is 0 Å². The Balaban J connectivity index is 2.62. The maximum absolute atomic E-state index is 12.6. The van der Waals surface area contributed by atoms with E-state index in [2.05, 4.69) is 5.32 Å². The lowest BCUT2D eigenvalue weighted by Crippen LogP contribution is -2.39. The van der Waals surface area contributed by atoms with Gasteiger partial charge in [0.2, 0.25) is 5.91 Å². The number of amides is 1. The van der Waals surface area contributed by atoms with Gasteiger partial charge < -0.3 is 11.1 Å². The molecule has 0 aromatic heterocycles. The second-order valence-corrected chi connectivity index (χ2v) is 3.77. The first-order chi connectivity index (χ1) is 7.00. The minimum absolute atomic E-state index is 0.0745. The van der Waals surface area contributed by atoms with E-state index in [0.717, 1.165) is 0 Å². The number of nitrogens with one attached hydrogen (secondary N) is 1. The highest BCUT2D eigenvalue weighted by Gasteiger charge is 2.16. The van der Waals surface area contributed by atoms with Crippen LogP contribution in [0.25, 0.3) is 0 Å². The lowest BCUT2D eigenvalue weighted by atomic mass is 10.1. The van der Waals surface area contributed by atoms with Gasteiger partial charge in [-0.2, -0.15) is 0 Å². The Labute approximate surface area is 88.5 Å². The highest BCUT2D eigenvalue weighted by molar-refractivity contribution is 5.94. The average molecular weight is 210 g/mol. The van der Waals surface area contributed by atoms with Crippen LogP contribution in [-0.4, -0.2) is 11.9 Å². The lowest BCUT2D eigenvalue weighted by Gasteiger charge is -2.15. The van der Waals surface area contributed by atoms with E-state index < -0.39 is 6.04 Å². The Kier molecular flexibility index (Phi) is 3.80. The molecular weight excluding hydrogens is 195 g/mol. The van der Waals surface area contributed by atoms with Crippen LogP contribution in [-0.2, 0) is 4.79 Å². The van der Waals surface area contributed by atoms with Crippen LogP contribution in [0.15, 0.2) is 24.3 Å². The zero-order valence-electron chi connectivity index (χ0n) is 8.83. The molecule has 0 spiro atoms. The predicted octanol–water partition coefficient (Wildman–Crippen LogP) is 1.75. The third-order valence-electron chi connectivity index (χ3n) is 2.13. The number of rotatable bonds is 3. The molecule has 1 rings (SSSR count). The first-order valence-corrected chi connectivity index (χ1v) is 4.82. The minimum atomic E-state index is -0.546. The van der Waals surface area contributed by atoms with Gasteiger partial charge in [-0.15, -0.1) is 0 Å². The molecule has 0 radical (unpaired) electrons. The van der Waals surface area contributed by atoms with Crippen molar-refractivity contribution < 1.29 is 9.18 Å². The maximum Gasteiger partial charge on any atom is 0.241 e. The van der Waals surface area contributed by atoms with Crippen molar-refractivity contribution in [2.24, 2.45) is 11.7 Å². The van der Waals surface area contributed by atoms with Crippen LogP contribution >= 0.6 is 0 Å². The monoisotopic (exact) mass is 210 g/mol. The maximum atomic E-state index is 12.6. The summed E-state index contributed by atoms with van der Waals surface area (Å²) in [6, 6.07) is 5.03. The summed E-state index contributed by atoms with van der Waals surface area (Å²) in [5.74, 6) is -0.511. The number of nitrogens with two attached hydrogens (primary N) is 1. The van der Waals surface area contributed by atoms with Crippen LogP contribution in [0, 0.1) is 11.7 Å². The topological polar surface area (TPSA) is 55.1 Å². The highest BCUT2D eigenvalue weighted by atomic mass is 19.1. The summed E-state index contributed by atoms with van der Waals surface area (Å²) in [7, 11) is 0. The van der Waals surface area contributed by atoms with E-state index >= 15 is 0 Å². The smallest absolute Gasteiger partial charge is 0.241 e. The normalized spacial score (nSPS) is 12.6. The van der Waals surface area contributed by atoms with Gasteiger partial charge in [-0.1, -0.05) is 13.8 Å². The third kappa shape index (κ3) is 3.32. The molecule has 0 aliphatic rings. The molecule has 82 valence electrons. The summed E-state index contributed by atoms with van der Waals surface area (Å²) in [4.78, 5) is 11.5. The predicted molar refractivity (Wildman–Crippen MR) is 57.8 cm³/mol. The van der Waals surface area contributed by atoms with E-state index in [4.69, 9.17) is 5.73 Å². The van der Waals surface area contributed by atoms with Gasteiger partial charge >= 0.3 is 0 Å². The Morgan fingerprint density at radius 3 is 2.33 bits per heavy atom. The molecule has 1 atom stereocenters. The van der Waals surface area contributed by atoms with Crippen molar-refractivity contribution in [2.45, 2.75) is 19.9 Å². The summed E-state index contributed by atoms with van der Waals surface area (Å²) < 4.78 is 12.6. The fourth-order valence-corrected chi connectivity index (χ4v) is 1.06. The quantitative estimate of drug-likeness (QED) is 0.798. The van der Waals surface area contributed by atoms with Gasteiger partial charge in [0.05, 0.1) is 6.04 Å². The fraction of sp³-hybridized carbons (Fsp3) is 0.364. The number of hydrogen-bond acceptors (Lipinski definition) is 2. The highest BCUT2D eigenvalue weighted by Crippen LogP contribution is 2.09. The number of carbonyl (C=O) groups excluding carboxylic acids is 1.